The number of hydrogen-bond acceptors (Lipinski definition) is 4. The summed E-state index contributed by atoms with van der Waals surface area (Å²) in [5, 5.41) is 0. The van der Waals surface area contributed by atoms with Gasteiger partial charge in [0.2, 0.25) is 0 Å². The second kappa shape index (κ2) is 5.58. The Bertz CT molecular complexity index is 710. The quantitative estimate of drug-likeness (QED) is 0.939. The molecule has 0 aliphatic rings. The molecule has 1 heterocycles. The van der Waals surface area contributed by atoms with Gasteiger partial charge in [0.15, 0.2) is 5.82 Å². The lowest BCUT2D eigenvalue weighted by molar-refractivity contribution is 0.601. The average molecular weight is 291 g/mol. The molecule has 0 fully saturated rings. The van der Waals surface area contributed by atoms with Crippen LogP contribution in [-0.2, 0) is 16.4 Å². The maximum atomic E-state index is 12.3. The first-order valence-corrected chi connectivity index (χ1v) is 7.82. The Balaban J connectivity index is 2.30. The van der Waals surface area contributed by atoms with Gasteiger partial charge in [0.25, 0.3) is 10.0 Å². The predicted octanol–water partition coefficient (Wildman–Crippen LogP) is 2.46. The molecule has 0 atom stereocenters. The molecule has 1 N–H and O–H groups in total. The highest BCUT2D eigenvalue weighted by atomic mass is 32.2. The Hall–Kier alpha value is -1.95. The number of aromatic nitrogens is 2. The van der Waals surface area contributed by atoms with E-state index < -0.39 is 10.0 Å². The van der Waals surface area contributed by atoms with Gasteiger partial charge in [-0.15, -0.1) is 0 Å². The summed E-state index contributed by atoms with van der Waals surface area (Å²) in [5.74, 6) is 0.259. The van der Waals surface area contributed by atoms with Gasteiger partial charge < -0.3 is 0 Å². The third-order valence-corrected chi connectivity index (χ3v) is 4.30. The molecule has 0 radical (unpaired) electrons. The first-order chi connectivity index (χ1) is 9.42. The largest absolute Gasteiger partial charge is 0.263 e. The summed E-state index contributed by atoms with van der Waals surface area (Å²) in [6.45, 7) is 5.55. The summed E-state index contributed by atoms with van der Waals surface area (Å²) in [7, 11) is -3.63. The van der Waals surface area contributed by atoms with Crippen molar-refractivity contribution in [2.24, 2.45) is 0 Å². The molecular formula is C14H17N3O2S. The Morgan fingerprint density at radius 1 is 1.15 bits per heavy atom. The van der Waals surface area contributed by atoms with E-state index in [9.17, 15) is 8.42 Å². The van der Waals surface area contributed by atoms with Gasteiger partial charge in [-0.3, -0.25) is 9.71 Å². The second-order valence-corrected chi connectivity index (χ2v) is 6.23. The van der Waals surface area contributed by atoms with E-state index in [1.54, 1.807) is 19.1 Å². The van der Waals surface area contributed by atoms with Crippen molar-refractivity contribution in [3.05, 3.63) is 47.4 Å². The first kappa shape index (κ1) is 14.5. The van der Waals surface area contributed by atoms with Crippen molar-refractivity contribution in [2.45, 2.75) is 32.1 Å². The summed E-state index contributed by atoms with van der Waals surface area (Å²) in [6.07, 6.45) is 2.40. The van der Waals surface area contributed by atoms with Crippen molar-refractivity contribution in [3.8, 4) is 0 Å². The molecule has 0 saturated heterocycles. The Labute approximate surface area is 119 Å². The molecule has 2 aromatic rings. The van der Waals surface area contributed by atoms with Crippen molar-refractivity contribution in [1.82, 2.24) is 9.97 Å². The molecule has 1 aromatic heterocycles. The van der Waals surface area contributed by atoms with Crippen LogP contribution in [0.15, 0.2) is 35.4 Å². The van der Waals surface area contributed by atoms with E-state index in [2.05, 4.69) is 14.7 Å². The molecule has 6 heteroatoms. The molecule has 0 saturated carbocycles. The zero-order valence-corrected chi connectivity index (χ0v) is 12.5. The van der Waals surface area contributed by atoms with Crippen LogP contribution in [0.1, 0.15) is 23.9 Å². The number of rotatable bonds is 4. The lowest BCUT2D eigenvalue weighted by atomic mass is 10.2. The molecule has 1 aromatic carbocycles. The monoisotopic (exact) mass is 291 g/mol. The summed E-state index contributed by atoms with van der Waals surface area (Å²) in [5.41, 5.74) is 2.40. The molecule has 0 aliphatic carbocycles. The highest BCUT2D eigenvalue weighted by Gasteiger charge is 2.16. The van der Waals surface area contributed by atoms with Gasteiger partial charge in [-0.25, -0.2) is 13.4 Å². The van der Waals surface area contributed by atoms with Crippen LogP contribution in [0, 0.1) is 13.8 Å². The molecule has 0 spiro atoms. The fourth-order valence-corrected chi connectivity index (χ4v) is 2.86. The van der Waals surface area contributed by atoms with Crippen LogP contribution in [0.2, 0.25) is 0 Å². The lowest BCUT2D eigenvalue weighted by Gasteiger charge is -2.09. The number of nitrogens with one attached hydrogen (secondary N) is 1. The van der Waals surface area contributed by atoms with E-state index in [1.165, 1.54) is 6.20 Å². The summed E-state index contributed by atoms with van der Waals surface area (Å²) in [6, 6.07) is 6.81. The fraction of sp³-hybridized carbons (Fsp3) is 0.286. The molecule has 0 amide bonds. The Morgan fingerprint density at radius 2 is 1.80 bits per heavy atom. The van der Waals surface area contributed by atoms with E-state index in [-0.39, 0.29) is 10.7 Å². The standard InChI is InChI=1S/C14H17N3O2S/c1-4-12-5-7-13(8-6-12)20(18,19)17-14-11(3)16-10(2)9-15-14/h5-9H,4H2,1-3H3,(H,15,17). The van der Waals surface area contributed by atoms with Crippen LogP contribution < -0.4 is 4.72 Å². The normalized spacial score (nSPS) is 11.3. The number of aryl methyl sites for hydroxylation is 3. The highest BCUT2D eigenvalue weighted by molar-refractivity contribution is 7.92. The van der Waals surface area contributed by atoms with Crippen molar-refractivity contribution < 1.29 is 8.42 Å². The van der Waals surface area contributed by atoms with E-state index in [4.69, 9.17) is 0 Å². The average Bonchev–Trinajstić information content (AvgIpc) is 2.42. The van der Waals surface area contributed by atoms with E-state index in [0.717, 1.165) is 17.7 Å². The van der Waals surface area contributed by atoms with E-state index >= 15 is 0 Å². The zero-order chi connectivity index (χ0) is 14.8. The number of sulfonamides is 1. The van der Waals surface area contributed by atoms with Crippen LogP contribution >= 0.6 is 0 Å². The molecule has 0 bridgehead atoms. The SMILES string of the molecule is CCc1ccc(S(=O)(=O)Nc2ncc(C)nc2C)cc1. The lowest BCUT2D eigenvalue weighted by Crippen LogP contribution is -2.15. The number of hydrogen-bond donors (Lipinski definition) is 1. The van der Waals surface area contributed by atoms with Gasteiger partial charge in [0.05, 0.1) is 22.5 Å². The van der Waals surface area contributed by atoms with Crippen LogP contribution in [0.4, 0.5) is 5.82 Å². The van der Waals surface area contributed by atoms with Crippen molar-refractivity contribution in [2.75, 3.05) is 4.72 Å². The van der Waals surface area contributed by atoms with Gasteiger partial charge in [0, 0.05) is 0 Å². The molecule has 20 heavy (non-hydrogen) atoms. The number of benzene rings is 1. The van der Waals surface area contributed by atoms with Gasteiger partial charge in [-0.1, -0.05) is 19.1 Å². The van der Waals surface area contributed by atoms with Crippen molar-refractivity contribution in [3.63, 3.8) is 0 Å². The topological polar surface area (TPSA) is 72.0 Å². The Morgan fingerprint density at radius 3 is 2.35 bits per heavy atom. The maximum Gasteiger partial charge on any atom is 0.263 e. The smallest absolute Gasteiger partial charge is 0.262 e. The second-order valence-electron chi connectivity index (χ2n) is 4.55. The first-order valence-electron chi connectivity index (χ1n) is 6.34. The molecule has 0 aliphatic heterocycles. The van der Waals surface area contributed by atoms with Gasteiger partial charge in [-0.2, -0.15) is 0 Å². The molecule has 0 unspecified atom stereocenters. The van der Waals surface area contributed by atoms with Gasteiger partial charge in [0.1, 0.15) is 0 Å². The van der Waals surface area contributed by atoms with E-state index in [0.29, 0.717) is 5.69 Å². The minimum atomic E-state index is -3.63. The predicted molar refractivity (Wildman–Crippen MR) is 78.1 cm³/mol. The summed E-state index contributed by atoms with van der Waals surface area (Å²) >= 11 is 0. The highest BCUT2D eigenvalue weighted by Crippen LogP contribution is 2.17. The third-order valence-electron chi connectivity index (χ3n) is 2.94. The van der Waals surface area contributed by atoms with Gasteiger partial charge >= 0.3 is 0 Å². The van der Waals surface area contributed by atoms with Gasteiger partial charge in [-0.05, 0) is 38.0 Å². The molecule has 106 valence electrons. The van der Waals surface area contributed by atoms with Crippen LogP contribution in [-0.4, -0.2) is 18.4 Å². The molecular weight excluding hydrogens is 274 g/mol. The molecule has 5 nitrogen and oxygen atoms in total. The molecule has 2 rings (SSSR count). The van der Waals surface area contributed by atoms with E-state index in [1.807, 2.05) is 26.0 Å². The van der Waals surface area contributed by atoms with Crippen LogP contribution in [0.3, 0.4) is 0 Å². The summed E-state index contributed by atoms with van der Waals surface area (Å²) < 4.78 is 27.0. The summed E-state index contributed by atoms with van der Waals surface area (Å²) in [4.78, 5) is 8.48. The van der Waals surface area contributed by atoms with Crippen molar-refractivity contribution in [1.29, 1.82) is 0 Å². The Kier molecular flexibility index (Phi) is 4.04. The van der Waals surface area contributed by atoms with Crippen molar-refractivity contribution >= 4 is 15.8 Å². The zero-order valence-electron chi connectivity index (χ0n) is 11.7. The number of nitrogens with zero attached hydrogens (tertiary/aromatic N) is 2. The van der Waals surface area contributed by atoms with Crippen LogP contribution in [0.5, 0.6) is 0 Å². The minimum absolute atomic E-state index is 0.219. The minimum Gasteiger partial charge on any atom is -0.262 e. The maximum absolute atomic E-state index is 12.3. The number of anilines is 1. The fourth-order valence-electron chi connectivity index (χ4n) is 1.79. The third kappa shape index (κ3) is 3.14. The van der Waals surface area contributed by atoms with Crippen LogP contribution in [0.25, 0.3) is 0 Å².